The van der Waals surface area contributed by atoms with Crippen molar-refractivity contribution < 1.29 is 9.59 Å². The van der Waals surface area contributed by atoms with Gasteiger partial charge in [-0.2, -0.15) is 0 Å². The second-order valence-electron chi connectivity index (χ2n) is 7.67. The van der Waals surface area contributed by atoms with E-state index in [1.54, 1.807) is 41.4 Å². The molecule has 7 heteroatoms. The molecule has 0 saturated carbocycles. The van der Waals surface area contributed by atoms with Crippen LogP contribution in [0.25, 0.3) is 0 Å². The van der Waals surface area contributed by atoms with E-state index in [4.69, 9.17) is 0 Å². The molecule has 152 valence electrons. The molecule has 1 atom stereocenters. The van der Waals surface area contributed by atoms with Crippen molar-refractivity contribution in [3.8, 4) is 0 Å². The van der Waals surface area contributed by atoms with E-state index in [-0.39, 0.29) is 18.4 Å². The second-order valence-corrected chi connectivity index (χ2v) is 7.67. The maximum Gasteiger partial charge on any atom is 0.257 e. The summed E-state index contributed by atoms with van der Waals surface area (Å²) in [5.74, 6) is 0.0795. The molecular weight excluding hydrogens is 366 g/mol. The van der Waals surface area contributed by atoms with Gasteiger partial charge in [0.1, 0.15) is 0 Å². The Kier molecular flexibility index (Phi) is 5.87. The lowest BCUT2D eigenvalue weighted by Crippen LogP contribution is -2.36. The summed E-state index contributed by atoms with van der Waals surface area (Å²) in [6.07, 6.45) is 6.36. The third-order valence-corrected chi connectivity index (χ3v) is 5.72. The smallest absolute Gasteiger partial charge is 0.257 e. The van der Waals surface area contributed by atoms with E-state index in [1.165, 1.54) is 19.4 Å². The Morgan fingerprint density at radius 2 is 2.14 bits per heavy atom. The van der Waals surface area contributed by atoms with Crippen LogP contribution in [-0.2, 0) is 4.79 Å². The first-order chi connectivity index (χ1) is 14.1. The first-order valence-corrected chi connectivity index (χ1v) is 10.2. The van der Waals surface area contributed by atoms with Crippen LogP contribution in [0.5, 0.6) is 0 Å². The van der Waals surface area contributed by atoms with Crippen molar-refractivity contribution in [1.82, 2.24) is 15.2 Å². The van der Waals surface area contributed by atoms with Crippen LogP contribution in [0.15, 0.2) is 42.6 Å². The Balaban J connectivity index is 1.44. The average Bonchev–Trinajstić information content (AvgIpc) is 3.08. The van der Waals surface area contributed by atoms with Gasteiger partial charge in [-0.25, -0.2) is 4.98 Å². The minimum Gasteiger partial charge on any atom is -0.319 e. The standard InChI is InChI=1S/C22H27N5O2/c1-26-14-6-8-16(26)7-4-12-23-15-20(28)27-19-11-3-2-9-17(19)22(29)25-18-10-5-13-24-21(18)27/h2-3,5,9-11,13,16,23H,4,6-8,12,14-15H2,1H3,(H,25,29). The lowest BCUT2D eigenvalue weighted by atomic mass is 10.1. The van der Waals surface area contributed by atoms with Gasteiger partial charge in [-0.05, 0) is 70.1 Å². The summed E-state index contributed by atoms with van der Waals surface area (Å²) in [4.78, 5) is 34.1. The van der Waals surface area contributed by atoms with E-state index in [1.807, 2.05) is 6.07 Å². The molecule has 1 unspecified atom stereocenters. The zero-order valence-electron chi connectivity index (χ0n) is 16.7. The summed E-state index contributed by atoms with van der Waals surface area (Å²) < 4.78 is 0. The van der Waals surface area contributed by atoms with E-state index < -0.39 is 0 Å². The van der Waals surface area contributed by atoms with E-state index >= 15 is 0 Å². The lowest BCUT2D eigenvalue weighted by molar-refractivity contribution is -0.117. The van der Waals surface area contributed by atoms with Gasteiger partial charge in [-0.15, -0.1) is 0 Å². The summed E-state index contributed by atoms with van der Waals surface area (Å²) in [6.45, 7) is 2.17. The minimum atomic E-state index is -0.237. The molecular formula is C22H27N5O2. The number of hydrogen-bond acceptors (Lipinski definition) is 5. The summed E-state index contributed by atoms with van der Waals surface area (Å²) in [7, 11) is 2.19. The molecule has 1 saturated heterocycles. The largest absolute Gasteiger partial charge is 0.319 e. The van der Waals surface area contributed by atoms with Crippen molar-refractivity contribution >= 4 is 29.0 Å². The molecule has 2 aliphatic rings. The van der Waals surface area contributed by atoms with Crippen molar-refractivity contribution in [3.05, 3.63) is 48.2 Å². The van der Waals surface area contributed by atoms with Gasteiger partial charge in [-0.3, -0.25) is 14.5 Å². The van der Waals surface area contributed by atoms with Gasteiger partial charge in [0.15, 0.2) is 5.82 Å². The van der Waals surface area contributed by atoms with Gasteiger partial charge in [-0.1, -0.05) is 12.1 Å². The number of amides is 2. The normalized spacial score (nSPS) is 18.7. The summed E-state index contributed by atoms with van der Waals surface area (Å²) in [6, 6.07) is 11.3. The van der Waals surface area contributed by atoms with E-state index in [2.05, 4.69) is 27.6 Å². The molecule has 1 fully saturated rings. The Labute approximate surface area is 171 Å². The van der Waals surface area contributed by atoms with Crippen LogP contribution < -0.4 is 15.5 Å². The molecule has 2 amide bonds. The minimum absolute atomic E-state index is 0.133. The van der Waals surface area contributed by atoms with Gasteiger partial charge in [0.25, 0.3) is 5.91 Å². The highest BCUT2D eigenvalue weighted by Crippen LogP contribution is 2.35. The topological polar surface area (TPSA) is 77.6 Å². The van der Waals surface area contributed by atoms with Crippen LogP contribution in [0, 0.1) is 0 Å². The molecule has 0 radical (unpaired) electrons. The van der Waals surface area contributed by atoms with Crippen LogP contribution in [-0.4, -0.2) is 54.4 Å². The number of likely N-dealkylation sites (tertiary alicyclic amines) is 1. The highest BCUT2D eigenvalue weighted by molar-refractivity contribution is 6.17. The number of hydrogen-bond donors (Lipinski definition) is 2. The fraction of sp³-hybridized carbons (Fsp3) is 0.409. The maximum absolute atomic E-state index is 13.1. The number of pyridine rings is 1. The Morgan fingerprint density at radius 3 is 2.97 bits per heavy atom. The molecule has 2 aliphatic heterocycles. The quantitative estimate of drug-likeness (QED) is 0.738. The molecule has 3 heterocycles. The fourth-order valence-electron chi connectivity index (χ4n) is 4.17. The molecule has 7 nitrogen and oxygen atoms in total. The summed E-state index contributed by atoms with van der Waals surface area (Å²) in [5.41, 5.74) is 1.55. The van der Waals surface area contributed by atoms with Gasteiger partial charge in [0.2, 0.25) is 5.91 Å². The van der Waals surface area contributed by atoms with Crippen molar-refractivity contribution in [1.29, 1.82) is 0 Å². The number of benzene rings is 1. The SMILES string of the molecule is CN1CCCC1CCCNCC(=O)N1c2ccccc2C(=O)Nc2cccnc21. The number of para-hydroxylation sites is 1. The third-order valence-electron chi connectivity index (χ3n) is 5.72. The first kappa shape index (κ1) is 19.5. The molecule has 2 N–H and O–H groups in total. The van der Waals surface area contributed by atoms with Crippen LogP contribution in [0.2, 0.25) is 0 Å². The molecule has 0 bridgehead atoms. The highest BCUT2D eigenvalue weighted by Gasteiger charge is 2.29. The number of nitrogens with zero attached hydrogens (tertiary/aromatic N) is 3. The number of carbonyl (C=O) groups is 2. The van der Waals surface area contributed by atoms with Crippen LogP contribution >= 0.6 is 0 Å². The highest BCUT2D eigenvalue weighted by atomic mass is 16.2. The van der Waals surface area contributed by atoms with E-state index in [0.29, 0.717) is 28.8 Å². The second kappa shape index (κ2) is 8.71. The molecule has 0 aliphatic carbocycles. The number of rotatable bonds is 6. The molecule has 1 aromatic carbocycles. The predicted octanol–water partition coefficient (Wildman–Crippen LogP) is 2.78. The molecule has 2 aromatic rings. The van der Waals surface area contributed by atoms with E-state index in [9.17, 15) is 9.59 Å². The van der Waals surface area contributed by atoms with Gasteiger partial charge in [0, 0.05) is 12.2 Å². The van der Waals surface area contributed by atoms with Crippen LogP contribution in [0.3, 0.4) is 0 Å². The maximum atomic E-state index is 13.1. The monoisotopic (exact) mass is 393 g/mol. The van der Waals surface area contributed by atoms with Gasteiger partial charge < -0.3 is 15.5 Å². The average molecular weight is 393 g/mol. The first-order valence-electron chi connectivity index (χ1n) is 10.2. The summed E-state index contributed by atoms with van der Waals surface area (Å²) in [5, 5.41) is 6.13. The zero-order chi connectivity index (χ0) is 20.2. The van der Waals surface area contributed by atoms with Crippen LogP contribution in [0.4, 0.5) is 17.2 Å². The number of nitrogens with one attached hydrogen (secondary N) is 2. The predicted molar refractivity (Wildman–Crippen MR) is 114 cm³/mol. The number of fused-ring (bicyclic) bond motifs is 2. The van der Waals surface area contributed by atoms with Crippen LogP contribution in [0.1, 0.15) is 36.0 Å². The van der Waals surface area contributed by atoms with Gasteiger partial charge in [0.05, 0.1) is 23.5 Å². The fourth-order valence-corrected chi connectivity index (χ4v) is 4.17. The number of anilines is 3. The Hall–Kier alpha value is -2.77. The third kappa shape index (κ3) is 4.16. The van der Waals surface area contributed by atoms with Crippen molar-refractivity contribution in [2.24, 2.45) is 0 Å². The summed E-state index contributed by atoms with van der Waals surface area (Å²) >= 11 is 0. The van der Waals surface area contributed by atoms with Crippen molar-refractivity contribution in [3.63, 3.8) is 0 Å². The van der Waals surface area contributed by atoms with Crippen molar-refractivity contribution in [2.45, 2.75) is 31.7 Å². The van der Waals surface area contributed by atoms with Crippen molar-refractivity contribution in [2.75, 3.05) is 36.9 Å². The van der Waals surface area contributed by atoms with Gasteiger partial charge >= 0.3 is 0 Å². The number of aromatic nitrogens is 1. The molecule has 29 heavy (non-hydrogen) atoms. The zero-order valence-corrected chi connectivity index (χ0v) is 16.7. The number of carbonyl (C=O) groups excluding carboxylic acids is 2. The lowest BCUT2D eigenvalue weighted by Gasteiger charge is -2.23. The molecule has 0 spiro atoms. The molecule has 1 aromatic heterocycles. The Morgan fingerprint density at radius 1 is 1.28 bits per heavy atom. The van der Waals surface area contributed by atoms with E-state index in [0.717, 1.165) is 19.4 Å². The molecule has 4 rings (SSSR count). The Bertz CT molecular complexity index is 900.